The van der Waals surface area contributed by atoms with Gasteiger partial charge in [-0.25, -0.2) is 0 Å². The van der Waals surface area contributed by atoms with Crippen LogP contribution in [0.1, 0.15) is 30.6 Å². The highest BCUT2D eigenvalue weighted by Gasteiger charge is 2.14. The summed E-state index contributed by atoms with van der Waals surface area (Å²) >= 11 is 5.84. The van der Waals surface area contributed by atoms with Crippen LogP contribution in [-0.4, -0.2) is 11.5 Å². The Bertz CT molecular complexity index is 542. The summed E-state index contributed by atoms with van der Waals surface area (Å²) in [5, 5.41) is 3.63. The minimum atomic E-state index is 0.316. The molecule has 0 spiro atoms. The number of pyridine rings is 1. The van der Waals surface area contributed by atoms with E-state index in [0.29, 0.717) is 6.04 Å². The highest BCUT2D eigenvalue weighted by Crippen LogP contribution is 2.23. The van der Waals surface area contributed by atoms with Gasteiger partial charge in [0.05, 0.1) is 0 Å². The predicted octanol–water partition coefficient (Wildman–Crippen LogP) is 4.73. The minimum Gasteiger partial charge on any atom is -0.310 e. The highest BCUT2D eigenvalue weighted by molar-refractivity contribution is 14.1. The first-order valence-corrected chi connectivity index (χ1v) is 8.66. The number of benzene rings is 1. The lowest BCUT2D eigenvalue weighted by Gasteiger charge is -2.20. The van der Waals surface area contributed by atoms with E-state index in [4.69, 9.17) is 0 Å². The molecule has 1 aromatic heterocycles. The number of hydrogen-bond donors (Lipinski definition) is 1. The zero-order chi connectivity index (χ0) is 14.4. The lowest BCUT2D eigenvalue weighted by molar-refractivity contribution is 0.522. The van der Waals surface area contributed by atoms with Gasteiger partial charge in [0.25, 0.3) is 0 Å². The fraction of sp³-hybridized carbons (Fsp3) is 0.312. The van der Waals surface area contributed by atoms with Crippen LogP contribution >= 0.6 is 38.5 Å². The molecule has 1 N–H and O–H groups in total. The van der Waals surface area contributed by atoms with Gasteiger partial charge in [0.1, 0.15) is 0 Å². The third-order valence-corrected chi connectivity index (χ3v) is 4.57. The Kier molecular flexibility index (Phi) is 6.45. The fourth-order valence-electron chi connectivity index (χ4n) is 2.10. The summed E-state index contributed by atoms with van der Waals surface area (Å²) in [5.74, 6) is 0. The van der Waals surface area contributed by atoms with E-state index >= 15 is 0 Å². The van der Waals surface area contributed by atoms with Crippen LogP contribution in [-0.2, 0) is 6.42 Å². The third kappa shape index (κ3) is 4.53. The first-order valence-electron chi connectivity index (χ1n) is 6.79. The number of aromatic nitrogens is 1. The normalized spacial score (nSPS) is 12.3. The molecule has 1 atom stereocenters. The standard InChI is InChI=1S/C16H18BrIN2/c1-2-9-19-16(14-5-3-4-6-15(14)18)10-13-8-7-12(17)11-20-13/h3-8,11,16,19H,2,9-10H2,1H3. The molecule has 0 fully saturated rings. The van der Waals surface area contributed by atoms with Crippen LogP contribution in [0.25, 0.3) is 0 Å². The summed E-state index contributed by atoms with van der Waals surface area (Å²) in [5.41, 5.74) is 2.47. The molecule has 2 aromatic rings. The van der Waals surface area contributed by atoms with Crippen molar-refractivity contribution in [1.82, 2.24) is 10.3 Å². The molecule has 0 amide bonds. The number of nitrogens with zero attached hydrogens (tertiary/aromatic N) is 1. The van der Waals surface area contributed by atoms with Gasteiger partial charge in [0.2, 0.25) is 0 Å². The van der Waals surface area contributed by atoms with Crippen LogP contribution in [0, 0.1) is 3.57 Å². The smallest absolute Gasteiger partial charge is 0.0423 e. The van der Waals surface area contributed by atoms with Crippen molar-refractivity contribution in [3.05, 3.63) is 61.9 Å². The SMILES string of the molecule is CCCNC(Cc1ccc(Br)cn1)c1ccccc1I. The second-order valence-electron chi connectivity index (χ2n) is 4.70. The van der Waals surface area contributed by atoms with Crippen LogP contribution in [0.5, 0.6) is 0 Å². The molecule has 2 nitrogen and oxygen atoms in total. The van der Waals surface area contributed by atoms with Gasteiger partial charge < -0.3 is 5.32 Å². The lowest BCUT2D eigenvalue weighted by Crippen LogP contribution is -2.25. The molecule has 4 heteroatoms. The molecule has 0 bridgehead atoms. The maximum absolute atomic E-state index is 4.49. The van der Waals surface area contributed by atoms with E-state index in [1.165, 1.54) is 9.13 Å². The first-order chi connectivity index (χ1) is 9.70. The number of nitrogens with one attached hydrogen (secondary N) is 1. The van der Waals surface area contributed by atoms with Gasteiger partial charge in [-0.2, -0.15) is 0 Å². The fourth-order valence-corrected chi connectivity index (χ4v) is 3.10. The Balaban J connectivity index is 2.19. The second kappa shape index (κ2) is 8.10. The van der Waals surface area contributed by atoms with Crippen molar-refractivity contribution in [3.63, 3.8) is 0 Å². The van der Waals surface area contributed by atoms with Crippen LogP contribution < -0.4 is 5.32 Å². The van der Waals surface area contributed by atoms with Gasteiger partial charge in [-0.3, -0.25) is 4.98 Å². The quantitative estimate of drug-likeness (QED) is 0.651. The Morgan fingerprint density at radius 3 is 2.70 bits per heavy atom. The van der Waals surface area contributed by atoms with E-state index in [9.17, 15) is 0 Å². The molecule has 2 rings (SSSR count). The Labute approximate surface area is 142 Å². The number of rotatable bonds is 6. The zero-order valence-electron chi connectivity index (χ0n) is 11.4. The average Bonchev–Trinajstić information content (AvgIpc) is 2.46. The maximum Gasteiger partial charge on any atom is 0.0423 e. The summed E-state index contributed by atoms with van der Waals surface area (Å²) in [7, 11) is 0. The van der Waals surface area contributed by atoms with E-state index < -0.39 is 0 Å². The Morgan fingerprint density at radius 1 is 1.25 bits per heavy atom. The largest absolute Gasteiger partial charge is 0.310 e. The maximum atomic E-state index is 4.49. The molecule has 0 radical (unpaired) electrons. The Morgan fingerprint density at radius 2 is 2.05 bits per heavy atom. The summed E-state index contributed by atoms with van der Waals surface area (Å²) in [4.78, 5) is 4.49. The molecular weight excluding hydrogens is 427 g/mol. The van der Waals surface area contributed by atoms with Crippen molar-refractivity contribution in [2.75, 3.05) is 6.54 Å². The van der Waals surface area contributed by atoms with Gasteiger partial charge in [-0.05, 0) is 75.2 Å². The molecule has 0 saturated carbocycles. The lowest BCUT2D eigenvalue weighted by atomic mass is 10.0. The molecule has 0 aliphatic heterocycles. The minimum absolute atomic E-state index is 0.316. The van der Waals surface area contributed by atoms with Gasteiger partial charge in [0, 0.05) is 32.4 Å². The topological polar surface area (TPSA) is 24.9 Å². The molecular formula is C16H18BrIN2. The van der Waals surface area contributed by atoms with Crippen molar-refractivity contribution in [2.45, 2.75) is 25.8 Å². The average molecular weight is 445 g/mol. The summed E-state index contributed by atoms with van der Waals surface area (Å²) in [6.45, 7) is 3.21. The van der Waals surface area contributed by atoms with Gasteiger partial charge >= 0.3 is 0 Å². The monoisotopic (exact) mass is 444 g/mol. The van der Waals surface area contributed by atoms with Gasteiger partial charge in [0.15, 0.2) is 0 Å². The highest BCUT2D eigenvalue weighted by atomic mass is 127. The van der Waals surface area contributed by atoms with E-state index in [1.54, 1.807) is 0 Å². The zero-order valence-corrected chi connectivity index (χ0v) is 15.2. The molecule has 20 heavy (non-hydrogen) atoms. The summed E-state index contributed by atoms with van der Waals surface area (Å²) < 4.78 is 2.32. The number of halogens is 2. The van der Waals surface area contributed by atoms with Crippen LogP contribution in [0.3, 0.4) is 0 Å². The van der Waals surface area contributed by atoms with Gasteiger partial charge in [-0.1, -0.05) is 25.1 Å². The summed E-state index contributed by atoms with van der Waals surface area (Å²) in [6.07, 6.45) is 3.91. The van der Waals surface area contributed by atoms with Crippen LogP contribution in [0.4, 0.5) is 0 Å². The molecule has 1 unspecified atom stereocenters. The molecule has 0 aliphatic rings. The molecule has 1 heterocycles. The molecule has 0 saturated heterocycles. The molecule has 106 valence electrons. The van der Waals surface area contributed by atoms with Gasteiger partial charge in [-0.15, -0.1) is 0 Å². The van der Waals surface area contributed by atoms with Crippen molar-refractivity contribution in [1.29, 1.82) is 0 Å². The van der Waals surface area contributed by atoms with Crippen molar-refractivity contribution < 1.29 is 0 Å². The second-order valence-corrected chi connectivity index (χ2v) is 6.78. The number of hydrogen-bond acceptors (Lipinski definition) is 2. The van der Waals surface area contributed by atoms with E-state index in [2.05, 4.69) is 92.1 Å². The van der Waals surface area contributed by atoms with E-state index in [1.807, 2.05) is 6.20 Å². The van der Waals surface area contributed by atoms with Crippen molar-refractivity contribution in [2.24, 2.45) is 0 Å². The van der Waals surface area contributed by atoms with Crippen LogP contribution in [0.2, 0.25) is 0 Å². The predicted molar refractivity (Wildman–Crippen MR) is 95.8 cm³/mol. The van der Waals surface area contributed by atoms with E-state index in [0.717, 1.165) is 29.6 Å². The molecule has 0 aliphatic carbocycles. The van der Waals surface area contributed by atoms with E-state index in [-0.39, 0.29) is 0 Å². The third-order valence-electron chi connectivity index (χ3n) is 3.12. The van der Waals surface area contributed by atoms with Crippen molar-refractivity contribution in [3.8, 4) is 0 Å². The summed E-state index contributed by atoms with van der Waals surface area (Å²) in [6, 6.07) is 13.0. The van der Waals surface area contributed by atoms with Crippen LogP contribution in [0.15, 0.2) is 47.1 Å². The molecule has 1 aromatic carbocycles. The van der Waals surface area contributed by atoms with Crippen molar-refractivity contribution >= 4 is 38.5 Å². The first kappa shape index (κ1) is 15.9. The Hall–Kier alpha value is -0.460.